The van der Waals surface area contributed by atoms with Gasteiger partial charge in [-0.3, -0.25) is 0 Å². The van der Waals surface area contributed by atoms with E-state index in [9.17, 15) is 4.79 Å². The summed E-state index contributed by atoms with van der Waals surface area (Å²) in [4.78, 5) is 13.6. The quantitative estimate of drug-likeness (QED) is 0.811. The van der Waals surface area contributed by atoms with Crippen molar-refractivity contribution in [1.29, 1.82) is 0 Å². The Labute approximate surface area is 129 Å². The molecule has 0 radical (unpaired) electrons. The van der Waals surface area contributed by atoms with E-state index < -0.39 is 5.97 Å². The highest BCUT2D eigenvalue weighted by molar-refractivity contribution is 5.86. The third kappa shape index (κ3) is 3.33. The molecule has 1 heterocycles. The van der Waals surface area contributed by atoms with E-state index in [1.807, 2.05) is 30.3 Å². The first-order valence-electron chi connectivity index (χ1n) is 7.48. The van der Waals surface area contributed by atoms with Gasteiger partial charge in [-0.25, -0.2) is 4.79 Å². The van der Waals surface area contributed by atoms with Gasteiger partial charge in [-0.2, -0.15) is 9.90 Å². The first-order chi connectivity index (χ1) is 10.8. The molecule has 6 nitrogen and oxygen atoms in total. The number of esters is 1. The molecule has 2 atom stereocenters. The van der Waals surface area contributed by atoms with Crippen molar-refractivity contribution in [3.05, 3.63) is 42.2 Å². The van der Waals surface area contributed by atoms with E-state index in [-0.39, 0.29) is 17.9 Å². The summed E-state index contributed by atoms with van der Waals surface area (Å²) in [5.74, 6) is -0.427. The zero-order chi connectivity index (χ0) is 15.4. The highest BCUT2D eigenvalue weighted by Gasteiger charge is 2.26. The molecule has 22 heavy (non-hydrogen) atoms. The van der Waals surface area contributed by atoms with Crippen LogP contribution in [0.4, 0.5) is 0 Å². The second-order valence-corrected chi connectivity index (χ2v) is 5.41. The van der Waals surface area contributed by atoms with Crippen LogP contribution >= 0.6 is 0 Å². The van der Waals surface area contributed by atoms with Crippen molar-refractivity contribution in [3.63, 3.8) is 0 Å². The normalized spacial score (nSPS) is 21.5. The predicted octanol–water partition coefficient (Wildman–Crippen LogP) is 2.38. The van der Waals surface area contributed by atoms with E-state index >= 15 is 0 Å². The number of rotatable bonds is 4. The summed E-state index contributed by atoms with van der Waals surface area (Å²) in [7, 11) is 1.69. The summed E-state index contributed by atoms with van der Waals surface area (Å²) >= 11 is 0. The number of para-hydroxylation sites is 1. The molecule has 0 spiro atoms. The van der Waals surface area contributed by atoms with Crippen LogP contribution in [0.1, 0.15) is 36.2 Å². The van der Waals surface area contributed by atoms with Crippen molar-refractivity contribution < 1.29 is 14.3 Å². The molecule has 6 heteroatoms. The average Bonchev–Trinajstić information content (AvgIpc) is 3.06. The number of methoxy groups -OCH3 is 1. The maximum atomic E-state index is 12.2. The van der Waals surface area contributed by atoms with Crippen LogP contribution in [-0.2, 0) is 9.47 Å². The van der Waals surface area contributed by atoms with Gasteiger partial charge in [0.15, 0.2) is 5.69 Å². The molecule has 1 aliphatic rings. The fourth-order valence-corrected chi connectivity index (χ4v) is 2.68. The lowest BCUT2D eigenvalue weighted by Crippen LogP contribution is -2.29. The van der Waals surface area contributed by atoms with E-state index in [0.29, 0.717) is 0 Å². The summed E-state index contributed by atoms with van der Waals surface area (Å²) < 4.78 is 10.9. The zero-order valence-corrected chi connectivity index (χ0v) is 12.5. The Morgan fingerprint density at radius 1 is 1.23 bits per heavy atom. The van der Waals surface area contributed by atoms with E-state index in [4.69, 9.17) is 9.47 Å². The van der Waals surface area contributed by atoms with Crippen LogP contribution in [0, 0.1) is 0 Å². The SMILES string of the molecule is COC1CCCC(OC(=O)c2cnn(-c3ccccc3)n2)C1. The first kappa shape index (κ1) is 14.7. The van der Waals surface area contributed by atoms with E-state index in [1.54, 1.807) is 7.11 Å². The Balaban J connectivity index is 1.64. The largest absolute Gasteiger partial charge is 0.457 e. The van der Waals surface area contributed by atoms with Gasteiger partial charge in [-0.1, -0.05) is 18.2 Å². The number of carbonyl (C=O) groups excluding carboxylic acids is 1. The maximum Gasteiger partial charge on any atom is 0.360 e. The molecule has 116 valence electrons. The minimum absolute atomic E-state index is 0.104. The van der Waals surface area contributed by atoms with Crippen LogP contribution in [-0.4, -0.2) is 40.3 Å². The van der Waals surface area contributed by atoms with Gasteiger partial charge in [0.1, 0.15) is 6.10 Å². The molecule has 1 aromatic heterocycles. The van der Waals surface area contributed by atoms with Crippen LogP contribution in [0.3, 0.4) is 0 Å². The number of hydrogen-bond donors (Lipinski definition) is 0. The monoisotopic (exact) mass is 301 g/mol. The van der Waals surface area contributed by atoms with Crippen molar-refractivity contribution in [2.24, 2.45) is 0 Å². The predicted molar refractivity (Wildman–Crippen MR) is 79.8 cm³/mol. The number of ether oxygens (including phenoxy) is 2. The van der Waals surface area contributed by atoms with Crippen molar-refractivity contribution in [3.8, 4) is 5.69 Å². The average molecular weight is 301 g/mol. The topological polar surface area (TPSA) is 66.2 Å². The highest BCUT2D eigenvalue weighted by Crippen LogP contribution is 2.23. The summed E-state index contributed by atoms with van der Waals surface area (Å²) in [6.07, 6.45) is 5.15. The van der Waals surface area contributed by atoms with E-state index in [0.717, 1.165) is 31.4 Å². The minimum atomic E-state index is -0.427. The second kappa shape index (κ2) is 6.70. The van der Waals surface area contributed by atoms with Crippen LogP contribution in [0.5, 0.6) is 0 Å². The highest BCUT2D eigenvalue weighted by atomic mass is 16.5. The number of aromatic nitrogens is 3. The van der Waals surface area contributed by atoms with Crippen molar-refractivity contribution >= 4 is 5.97 Å². The van der Waals surface area contributed by atoms with Gasteiger partial charge in [0.25, 0.3) is 0 Å². The fourth-order valence-electron chi connectivity index (χ4n) is 2.68. The maximum absolute atomic E-state index is 12.2. The minimum Gasteiger partial charge on any atom is -0.457 e. The van der Waals surface area contributed by atoms with Crippen LogP contribution in [0.15, 0.2) is 36.5 Å². The molecule has 1 aromatic carbocycles. The lowest BCUT2D eigenvalue weighted by Gasteiger charge is -2.27. The Hall–Kier alpha value is -2.21. The van der Waals surface area contributed by atoms with Gasteiger partial charge in [0.2, 0.25) is 0 Å². The lowest BCUT2D eigenvalue weighted by atomic mass is 9.95. The number of hydrogen-bond acceptors (Lipinski definition) is 5. The molecule has 0 saturated heterocycles. The Morgan fingerprint density at radius 3 is 2.77 bits per heavy atom. The smallest absolute Gasteiger partial charge is 0.360 e. The van der Waals surface area contributed by atoms with Gasteiger partial charge in [0.05, 0.1) is 18.0 Å². The molecule has 2 aromatic rings. The van der Waals surface area contributed by atoms with Crippen molar-refractivity contribution in [1.82, 2.24) is 15.0 Å². The molecule has 2 unspecified atom stereocenters. The number of benzene rings is 1. The van der Waals surface area contributed by atoms with Crippen LogP contribution in [0.25, 0.3) is 5.69 Å². The molecular formula is C16H19N3O3. The van der Waals surface area contributed by atoms with Crippen molar-refractivity contribution in [2.75, 3.05) is 7.11 Å². The second-order valence-electron chi connectivity index (χ2n) is 5.41. The zero-order valence-electron chi connectivity index (χ0n) is 12.5. The molecule has 1 aliphatic carbocycles. The molecule has 0 bridgehead atoms. The summed E-state index contributed by atoms with van der Waals surface area (Å²) in [6, 6.07) is 9.45. The summed E-state index contributed by atoms with van der Waals surface area (Å²) in [6.45, 7) is 0. The first-order valence-corrected chi connectivity index (χ1v) is 7.48. The Morgan fingerprint density at radius 2 is 2.00 bits per heavy atom. The number of carbonyl (C=O) groups is 1. The van der Waals surface area contributed by atoms with Gasteiger partial charge < -0.3 is 9.47 Å². The van der Waals surface area contributed by atoms with Gasteiger partial charge in [0, 0.05) is 13.5 Å². The van der Waals surface area contributed by atoms with Gasteiger partial charge in [-0.05, 0) is 31.4 Å². The van der Waals surface area contributed by atoms with Crippen molar-refractivity contribution in [2.45, 2.75) is 37.9 Å². The standard InChI is InChI=1S/C16H19N3O3/c1-21-13-8-5-9-14(10-13)22-16(20)15-11-17-19(18-15)12-6-3-2-4-7-12/h2-4,6-7,11,13-14H,5,8-10H2,1H3. The number of nitrogens with zero attached hydrogens (tertiary/aromatic N) is 3. The van der Waals surface area contributed by atoms with E-state index in [1.165, 1.54) is 11.0 Å². The van der Waals surface area contributed by atoms with Gasteiger partial charge in [-0.15, -0.1) is 5.10 Å². The van der Waals surface area contributed by atoms with E-state index in [2.05, 4.69) is 10.2 Å². The third-order valence-corrected chi connectivity index (χ3v) is 3.87. The molecule has 3 rings (SSSR count). The summed E-state index contributed by atoms with van der Waals surface area (Å²) in [5, 5.41) is 8.30. The molecule has 1 fully saturated rings. The van der Waals surface area contributed by atoms with Gasteiger partial charge >= 0.3 is 5.97 Å². The van der Waals surface area contributed by atoms with Crippen LogP contribution in [0.2, 0.25) is 0 Å². The van der Waals surface area contributed by atoms with Crippen LogP contribution < -0.4 is 0 Å². The lowest BCUT2D eigenvalue weighted by molar-refractivity contribution is -0.0153. The molecule has 1 saturated carbocycles. The summed E-state index contributed by atoms with van der Waals surface area (Å²) in [5.41, 5.74) is 1.03. The molecule has 0 aliphatic heterocycles. The fraction of sp³-hybridized carbons (Fsp3) is 0.438. The molecule has 0 amide bonds. The Kier molecular flexibility index (Phi) is 4.48. The third-order valence-electron chi connectivity index (χ3n) is 3.87. The molecule has 0 N–H and O–H groups in total. The Bertz CT molecular complexity index is 627. The molecular weight excluding hydrogens is 282 g/mol.